The fourth-order valence-corrected chi connectivity index (χ4v) is 4.13. The van der Waals surface area contributed by atoms with Crippen LogP contribution in [0.5, 0.6) is 0 Å². The Hall–Kier alpha value is -3.32. The molecule has 1 aliphatic rings. The molecule has 0 radical (unpaired) electrons. The summed E-state index contributed by atoms with van der Waals surface area (Å²) < 4.78 is 1.61. The summed E-state index contributed by atoms with van der Waals surface area (Å²) in [6.07, 6.45) is 1.68. The average Bonchev–Trinajstić information content (AvgIpc) is 3.07. The highest BCUT2D eigenvalue weighted by molar-refractivity contribution is 5.90. The first-order chi connectivity index (χ1) is 14.0. The van der Waals surface area contributed by atoms with E-state index in [4.69, 9.17) is 0 Å². The number of rotatable bonds is 6. The van der Waals surface area contributed by atoms with Crippen LogP contribution in [-0.4, -0.2) is 57.8 Å². The lowest BCUT2D eigenvalue weighted by molar-refractivity contribution is -0.143. The number of carboxylic acids is 2. The first-order valence-corrected chi connectivity index (χ1v) is 9.61. The van der Waals surface area contributed by atoms with E-state index in [9.17, 15) is 19.8 Å². The Bertz CT molecular complexity index is 1020. The number of piperazine rings is 1. The van der Waals surface area contributed by atoms with Gasteiger partial charge >= 0.3 is 11.9 Å². The molecule has 1 fully saturated rings. The summed E-state index contributed by atoms with van der Waals surface area (Å²) >= 11 is 0. The van der Waals surface area contributed by atoms with Crippen molar-refractivity contribution < 1.29 is 19.8 Å². The molecule has 0 saturated carbocycles. The van der Waals surface area contributed by atoms with Crippen LogP contribution in [0.1, 0.15) is 11.6 Å². The third-order valence-electron chi connectivity index (χ3n) is 5.45. The maximum atomic E-state index is 12.2. The van der Waals surface area contributed by atoms with E-state index >= 15 is 0 Å². The topological polar surface area (TPSA) is 86.0 Å². The number of para-hydroxylation sites is 2. The first-order valence-electron chi connectivity index (χ1n) is 9.61. The van der Waals surface area contributed by atoms with Crippen molar-refractivity contribution in [2.45, 2.75) is 12.6 Å². The Kier molecular flexibility index (Phi) is 5.22. The van der Waals surface area contributed by atoms with E-state index in [0.29, 0.717) is 18.7 Å². The molecule has 0 bridgehead atoms. The van der Waals surface area contributed by atoms with Gasteiger partial charge in [-0.15, -0.1) is 0 Å². The van der Waals surface area contributed by atoms with Gasteiger partial charge in [-0.25, -0.2) is 0 Å². The molecule has 1 saturated heterocycles. The minimum atomic E-state index is -0.958. The van der Waals surface area contributed by atoms with Gasteiger partial charge in [0.2, 0.25) is 0 Å². The molecule has 2 N–H and O–H groups in total. The zero-order valence-corrected chi connectivity index (χ0v) is 15.9. The molecule has 0 spiro atoms. The van der Waals surface area contributed by atoms with Crippen LogP contribution in [0.2, 0.25) is 0 Å². The Morgan fingerprint density at radius 1 is 0.897 bits per heavy atom. The van der Waals surface area contributed by atoms with Gasteiger partial charge in [-0.3, -0.25) is 14.5 Å². The second kappa shape index (κ2) is 7.97. The number of aromatic nitrogens is 1. The smallest absolute Gasteiger partial charge is 0.325 e. The quantitative estimate of drug-likeness (QED) is 0.670. The highest BCUT2D eigenvalue weighted by atomic mass is 16.4. The Morgan fingerprint density at radius 3 is 2.21 bits per heavy atom. The number of hydrogen-bond acceptors (Lipinski definition) is 4. The van der Waals surface area contributed by atoms with Crippen LogP contribution in [0.4, 0.5) is 5.69 Å². The largest absolute Gasteiger partial charge is 0.480 e. The van der Waals surface area contributed by atoms with Crippen molar-refractivity contribution in [1.29, 1.82) is 0 Å². The van der Waals surface area contributed by atoms with Crippen molar-refractivity contribution in [3.63, 3.8) is 0 Å². The van der Waals surface area contributed by atoms with Gasteiger partial charge in [-0.2, -0.15) is 0 Å². The molecule has 3 aromatic rings. The molecule has 0 amide bonds. The first kappa shape index (κ1) is 19.0. The Morgan fingerprint density at radius 2 is 1.55 bits per heavy atom. The second-order valence-corrected chi connectivity index (χ2v) is 7.22. The summed E-state index contributed by atoms with van der Waals surface area (Å²) in [5.41, 5.74) is 2.51. The predicted molar refractivity (Wildman–Crippen MR) is 110 cm³/mol. The molecule has 2 aromatic carbocycles. The van der Waals surface area contributed by atoms with Crippen molar-refractivity contribution in [2.24, 2.45) is 0 Å². The van der Waals surface area contributed by atoms with E-state index in [2.05, 4.69) is 17.0 Å². The summed E-state index contributed by atoms with van der Waals surface area (Å²) in [4.78, 5) is 27.7. The number of benzene rings is 2. The molecule has 2 heterocycles. The highest BCUT2D eigenvalue weighted by Crippen LogP contribution is 2.32. The lowest BCUT2D eigenvalue weighted by Crippen LogP contribution is -2.49. The van der Waals surface area contributed by atoms with Gasteiger partial charge in [0.15, 0.2) is 0 Å². The Balaban J connectivity index is 1.62. The molecular formula is C22H23N3O4. The van der Waals surface area contributed by atoms with Crippen molar-refractivity contribution in [2.75, 3.05) is 31.1 Å². The maximum absolute atomic E-state index is 12.2. The van der Waals surface area contributed by atoms with Gasteiger partial charge in [0.25, 0.3) is 0 Å². The molecule has 0 aliphatic carbocycles. The van der Waals surface area contributed by atoms with Gasteiger partial charge in [0.05, 0.1) is 0 Å². The van der Waals surface area contributed by atoms with Crippen LogP contribution < -0.4 is 4.90 Å². The van der Waals surface area contributed by atoms with Gasteiger partial charge in [0, 0.05) is 54.5 Å². The number of nitrogens with zero attached hydrogens (tertiary/aromatic N) is 3. The van der Waals surface area contributed by atoms with E-state index in [1.807, 2.05) is 47.4 Å². The summed E-state index contributed by atoms with van der Waals surface area (Å²) in [5.74, 6) is -1.88. The number of aliphatic carboxylic acids is 2. The molecule has 1 aromatic heterocycles. The van der Waals surface area contributed by atoms with Crippen LogP contribution in [0.3, 0.4) is 0 Å². The summed E-state index contributed by atoms with van der Waals surface area (Å²) in [6.45, 7) is 2.51. The predicted octanol–water partition coefficient (Wildman–Crippen LogP) is 2.67. The van der Waals surface area contributed by atoms with E-state index in [0.717, 1.165) is 29.7 Å². The second-order valence-electron chi connectivity index (χ2n) is 7.22. The van der Waals surface area contributed by atoms with Crippen LogP contribution in [0.15, 0.2) is 60.8 Å². The van der Waals surface area contributed by atoms with E-state index < -0.39 is 18.0 Å². The normalized spacial score (nSPS) is 16.1. The van der Waals surface area contributed by atoms with Gasteiger partial charge < -0.3 is 19.7 Å². The molecule has 150 valence electrons. The molecule has 7 nitrogen and oxygen atoms in total. The third-order valence-corrected chi connectivity index (χ3v) is 5.45. The fraction of sp³-hybridized carbons (Fsp3) is 0.273. The Labute approximate surface area is 168 Å². The number of anilines is 1. The van der Waals surface area contributed by atoms with Crippen LogP contribution >= 0.6 is 0 Å². The lowest BCUT2D eigenvalue weighted by atomic mass is 10.0. The zero-order chi connectivity index (χ0) is 20.4. The molecule has 1 aliphatic heterocycles. The van der Waals surface area contributed by atoms with Crippen LogP contribution in [0.25, 0.3) is 10.9 Å². The molecule has 7 heteroatoms. The van der Waals surface area contributed by atoms with Crippen molar-refractivity contribution in [3.8, 4) is 0 Å². The van der Waals surface area contributed by atoms with E-state index in [1.54, 1.807) is 10.8 Å². The van der Waals surface area contributed by atoms with Crippen molar-refractivity contribution in [1.82, 2.24) is 9.47 Å². The maximum Gasteiger partial charge on any atom is 0.325 e. The third kappa shape index (κ3) is 3.82. The lowest BCUT2D eigenvalue weighted by Gasteiger charge is -2.38. The monoisotopic (exact) mass is 393 g/mol. The molecule has 1 atom stereocenters. The van der Waals surface area contributed by atoms with Gasteiger partial charge in [-0.05, 0) is 18.2 Å². The van der Waals surface area contributed by atoms with Crippen LogP contribution in [0, 0.1) is 0 Å². The minimum Gasteiger partial charge on any atom is -0.480 e. The number of fused-ring (bicyclic) bond motifs is 1. The van der Waals surface area contributed by atoms with Crippen molar-refractivity contribution in [3.05, 3.63) is 66.4 Å². The number of carbonyl (C=O) groups is 2. The fourth-order valence-electron chi connectivity index (χ4n) is 4.13. The number of hydrogen-bond donors (Lipinski definition) is 2. The van der Waals surface area contributed by atoms with Gasteiger partial charge in [0.1, 0.15) is 12.6 Å². The summed E-state index contributed by atoms with van der Waals surface area (Å²) in [6, 6.07) is 16.7. The standard InChI is InChI=1S/C22H23N3O4/c26-20(27)15-25-14-18(17-8-4-5-9-19(17)25)21(22(28)29)24-12-10-23(11-13-24)16-6-2-1-3-7-16/h1-9,14,21H,10-13,15H2,(H,26,27)(H,28,29). The molecule has 29 heavy (non-hydrogen) atoms. The molecule has 1 unspecified atom stereocenters. The number of carboxylic acid groups (broad SMARTS) is 2. The average molecular weight is 393 g/mol. The van der Waals surface area contributed by atoms with Crippen molar-refractivity contribution >= 4 is 28.5 Å². The summed E-state index contributed by atoms with van der Waals surface area (Å²) in [5, 5.41) is 20.0. The zero-order valence-electron chi connectivity index (χ0n) is 15.9. The highest BCUT2D eigenvalue weighted by Gasteiger charge is 2.32. The molecular weight excluding hydrogens is 370 g/mol. The SMILES string of the molecule is O=C(O)Cn1cc(C(C(=O)O)N2CCN(c3ccccc3)CC2)c2ccccc21. The summed E-state index contributed by atoms with van der Waals surface area (Å²) in [7, 11) is 0. The van der Waals surface area contributed by atoms with Crippen LogP contribution in [-0.2, 0) is 16.1 Å². The van der Waals surface area contributed by atoms with E-state index in [1.165, 1.54) is 0 Å². The minimum absolute atomic E-state index is 0.200. The van der Waals surface area contributed by atoms with Gasteiger partial charge in [-0.1, -0.05) is 36.4 Å². The van der Waals surface area contributed by atoms with E-state index in [-0.39, 0.29) is 6.54 Å². The molecule has 4 rings (SSSR count).